The van der Waals surface area contributed by atoms with Crippen molar-refractivity contribution in [1.82, 2.24) is 4.98 Å². The molecule has 0 saturated heterocycles. The van der Waals surface area contributed by atoms with Crippen molar-refractivity contribution in [3.05, 3.63) is 64.8 Å². The molecular formula is C15H9Cl2N. The highest BCUT2D eigenvalue weighted by atomic mass is 35.5. The van der Waals surface area contributed by atoms with Crippen LogP contribution in [0.25, 0.3) is 22.0 Å². The van der Waals surface area contributed by atoms with Gasteiger partial charge in [0.05, 0.1) is 5.52 Å². The quantitative estimate of drug-likeness (QED) is 0.555. The molecule has 18 heavy (non-hydrogen) atoms. The highest BCUT2D eigenvalue weighted by molar-refractivity contribution is 6.32. The molecule has 0 radical (unpaired) electrons. The lowest BCUT2D eigenvalue weighted by molar-refractivity contribution is 1.41. The molecule has 0 saturated carbocycles. The Bertz CT molecular complexity index is 708. The molecule has 1 aromatic heterocycles. The van der Waals surface area contributed by atoms with Crippen LogP contribution in [0.3, 0.4) is 0 Å². The minimum Gasteiger partial charge on any atom is -0.236 e. The average molecular weight is 274 g/mol. The van der Waals surface area contributed by atoms with Crippen LogP contribution < -0.4 is 0 Å². The summed E-state index contributed by atoms with van der Waals surface area (Å²) < 4.78 is 0. The zero-order valence-electron chi connectivity index (χ0n) is 9.40. The van der Waals surface area contributed by atoms with Gasteiger partial charge in [0.2, 0.25) is 0 Å². The monoisotopic (exact) mass is 273 g/mol. The molecule has 0 unspecified atom stereocenters. The first-order valence-corrected chi connectivity index (χ1v) is 6.31. The van der Waals surface area contributed by atoms with Crippen LogP contribution in [0, 0.1) is 0 Å². The summed E-state index contributed by atoms with van der Waals surface area (Å²) in [7, 11) is 0. The van der Waals surface area contributed by atoms with Gasteiger partial charge in [-0.05, 0) is 35.4 Å². The van der Waals surface area contributed by atoms with E-state index in [1.807, 2.05) is 54.6 Å². The van der Waals surface area contributed by atoms with E-state index in [0.717, 1.165) is 22.0 Å². The zero-order chi connectivity index (χ0) is 12.5. The summed E-state index contributed by atoms with van der Waals surface area (Å²) in [5.41, 5.74) is 3.01. The summed E-state index contributed by atoms with van der Waals surface area (Å²) in [4.78, 5) is 4.31. The van der Waals surface area contributed by atoms with Crippen molar-refractivity contribution in [2.24, 2.45) is 0 Å². The molecule has 3 aromatic rings. The highest BCUT2D eigenvalue weighted by Gasteiger charge is 2.07. The molecule has 0 atom stereocenters. The number of halogens is 2. The molecular weight excluding hydrogens is 265 g/mol. The second-order valence-corrected chi connectivity index (χ2v) is 4.84. The molecule has 1 nitrogen and oxygen atoms in total. The fraction of sp³-hybridized carbons (Fsp3) is 0. The van der Waals surface area contributed by atoms with E-state index in [2.05, 4.69) is 4.98 Å². The van der Waals surface area contributed by atoms with Crippen molar-refractivity contribution in [3.8, 4) is 11.1 Å². The Hall–Kier alpha value is -1.57. The van der Waals surface area contributed by atoms with E-state index in [1.54, 1.807) is 0 Å². The van der Waals surface area contributed by atoms with Gasteiger partial charge in [0.15, 0.2) is 0 Å². The van der Waals surface area contributed by atoms with Crippen LogP contribution in [-0.4, -0.2) is 4.98 Å². The summed E-state index contributed by atoms with van der Waals surface area (Å²) in [6.07, 6.45) is 0. The van der Waals surface area contributed by atoms with Crippen LogP contribution in [0.1, 0.15) is 0 Å². The third-order valence-corrected chi connectivity index (χ3v) is 3.25. The van der Waals surface area contributed by atoms with Gasteiger partial charge in [-0.3, -0.25) is 0 Å². The molecule has 88 valence electrons. The Labute approximate surface area is 115 Å². The Morgan fingerprint density at radius 3 is 2.39 bits per heavy atom. The number of nitrogens with zero attached hydrogens (tertiary/aromatic N) is 1. The van der Waals surface area contributed by atoms with Crippen molar-refractivity contribution >= 4 is 34.1 Å². The minimum atomic E-state index is 0.490. The van der Waals surface area contributed by atoms with Gasteiger partial charge in [0.25, 0.3) is 0 Å². The molecule has 0 amide bonds. The van der Waals surface area contributed by atoms with Crippen LogP contribution in [0.2, 0.25) is 10.2 Å². The third kappa shape index (κ3) is 2.07. The fourth-order valence-corrected chi connectivity index (χ4v) is 2.39. The summed E-state index contributed by atoms with van der Waals surface area (Å²) in [6, 6.07) is 17.6. The maximum absolute atomic E-state index is 6.07. The number of benzene rings is 2. The van der Waals surface area contributed by atoms with Crippen molar-refractivity contribution < 1.29 is 0 Å². The lowest BCUT2D eigenvalue weighted by atomic mass is 10.0. The fourth-order valence-electron chi connectivity index (χ4n) is 2.02. The normalized spacial score (nSPS) is 10.8. The van der Waals surface area contributed by atoms with Crippen LogP contribution >= 0.6 is 23.2 Å². The van der Waals surface area contributed by atoms with Gasteiger partial charge in [-0.2, -0.15) is 0 Å². The molecule has 3 rings (SSSR count). The number of fused-ring (bicyclic) bond motifs is 1. The molecule has 0 aliphatic rings. The molecule has 0 bridgehead atoms. The number of hydrogen-bond donors (Lipinski definition) is 0. The molecule has 1 heterocycles. The van der Waals surface area contributed by atoms with Gasteiger partial charge >= 0.3 is 0 Å². The molecule has 0 fully saturated rings. The van der Waals surface area contributed by atoms with Crippen LogP contribution in [-0.2, 0) is 0 Å². The van der Waals surface area contributed by atoms with Crippen LogP contribution in [0.4, 0.5) is 0 Å². The molecule has 0 aliphatic carbocycles. The minimum absolute atomic E-state index is 0.490. The first kappa shape index (κ1) is 11.5. The Morgan fingerprint density at radius 1 is 0.833 bits per heavy atom. The largest absolute Gasteiger partial charge is 0.236 e. The van der Waals surface area contributed by atoms with Gasteiger partial charge in [0.1, 0.15) is 5.15 Å². The average Bonchev–Trinajstić information content (AvgIpc) is 2.39. The topological polar surface area (TPSA) is 12.9 Å². The standard InChI is InChI=1S/C15H9Cl2N/c16-11-6-7-14-13(8-11)12(9-15(17)18-14)10-4-2-1-3-5-10/h1-9H. The predicted octanol–water partition coefficient (Wildman–Crippen LogP) is 5.21. The van der Waals surface area contributed by atoms with Crippen molar-refractivity contribution in [2.45, 2.75) is 0 Å². The highest BCUT2D eigenvalue weighted by Crippen LogP contribution is 2.31. The van der Waals surface area contributed by atoms with Gasteiger partial charge in [0, 0.05) is 10.4 Å². The molecule has 0 aliphatic heterocycles. The van der Waals surface area contributed by atoms with E-state index in [4.69, 9.17) is 23.2 Å². The van der Waals surface area contributed by atoms with Gasteiger partial charge in [-0.1, -0.05) is 53.5 Å². The van der Waals surface area contributed by atoms with E-state index >= 15 is 0 Å². The first-order chi connectivity index (χ1) is 8.74. The number of hydrogen-bond acceptors (Lipinski definition) is 1. The smallest absolute Gasteiger partial charge is 0.130 e. The van der Waals surface area contributed by atoms with Crippen LogP contribution in [0.5, 0.6) is 0 Å². The lowest BCUT2D eigenvalue weighted by Gasteiger charge is -2.07. The summed E-state index contributed by atoms with van der Waals surface area (Å²) in [5.74, 6) is 0. The van der Waals surface area contributed by atoms with Gasteiger partial charge in [-0.25, -0.2) is 4.98 Å². The SMILES string of the molecule is Clc1ccc2nc(Cl)cc(-c3ccccc3)c2c1. The Kier molecular flexibility index (Phi) is 2.94. The third-order valence-electron chi connectivity index (χ3n) is 2.82. The first-order valence-electron chi connectivity index (χ1n) is 5.55. The summed E-state index contributed by atoms with van der Waals surface area (Å²) in [6.45, 7) is 0. The van der Waals surface area contributed by atoms with E-state index in [1.165, 1.54) is 0 Å². The number of rotatable bonds is 1. The van der Waals surface area contributed by atoms with E-state index in [9.17, 15) is 0 Å². The number of pyridine rings is 1. The second-order valence-electron chi connectivity index (χ2n) is 4.02. The van der Waals surface area contributed by atoms with Crippen molar-refractivity contribution in [1.29, 1.82) is 0 Å². The van der Waals surface area contributed by atoms with E-state index in [0.29, 0.717) is 10.2 Å². The predicted molar refractivity (Wildman–Crippen MR) is 77.2 cm³/mol. The van der Waals surface area contributed by atoms with Crippen molar-refractivity contribution in [2.75, 3.05) is 0 Å². The molecule has 0 spiro atoms. The van der Waals surface area contributed by atoms with Gasteiger partial charge < -0.3 is 0 Å². The van der Waals surface area contributed by atoms with Gasteiger partial charge in [-0.15, -0.1) is 0 Å². The summed E-state index contributed by atoms with van der Waals surface area (Å²) >= 11 is 12.1. The lowest BCUT2D eigenvalue weighted by Crippen LogP contribution is -1.86. The Morgan fingerprint density at radius 2 is 1.61 bits per heavy atom. The second kappa shape index (κ2) is 4.60. The summed E-state index contributed by atoms with van der Waals surface area (Å²) in [5, 5.41) is 2.20. The molecule has 3 heteroatoms. The van der Waals surface area contributed by atoms with Crippen LogP contribution in [0.15, 0.2) is 54.6 Å². The van der Waals surface area contributed by atoms with E-state index in [-0.39, 0.29) is 0 Å². The molecule has 0 N–H and O–H groups in total. The zero-order valence-corrected chi connectivity index (χ0v) is 10.9. The number of aromatic nitrogens is 1. The molecule has 2 aromatic carbocycles. The Balaban J connectivity index is 2.37. The maximum Gasteiger partial charge on any atom is 0.130 e. The van der Waals surface area contributed by atoms with E-state index < -0.39 is 0 Å². The van der Waals surface area contributed by atoms with Crippen molar-refractivity contribution in [3.63, 3.8) is 0 Å². The maximum atomic E-state index is 6.07.